The van der Waals surface area contributed by atoms with Crippen LogP contribution in [0.4, 0.5) is 0 Å². The number of likely N-dealkylation sites (tertiary alicyclic amines) is 1. The molecule has 0 unspecified atom stereocenters. The summed E-state index contributed by atoms with van der Waals surface area (Å²) in [5.74, 6) is -0.155. The van der Waals surface area contributed by atoms with Crippen LogP contribution in [-0.2, 0) is 4.79 Å². The predicted molar refractivity (Wildman–Crippen MR) is 79.7 cm³/mol. The first-order chi connectivity index (χ1) is 10.4. The number of carbonyl (C=O) groups excluding carboxylic acids is 2. The molecule has 1 spiro atoms. The van der Waals surface area contributed by atoms with Crippen LogP contribution in [0.2, 0.25) is 0 Å². The smallest absolute Gasteiger partial charge is 0.255 e. The highest BCUT2D eigenvalue weighted by molar-refractivity contribution is 6.04. The van der Waals surface area contributed by atoms with Gasteiger partial charge in [0.25, 0.3) is 5.91 Å². The van der Waals surface area contributed by atoms with Gasteiger partial charge in [-0.25, -0.2) is 0 Å². The quantitative estimate of drug-likeness (QED) is 0.794. The Kier molecular flexibility index (Phi) is 3.13. The van der Waals surface area contributed by atoms with E-state index >= 15 is 0 Å². The Morgan fingerprint density at radius 2 is 2.14 bits per heavy atom. The highest BCUT2D eigenvalue weighted by Crippen LogP contribution is 2.48. The Labute approximate surface area is 129 Å². The summed E-state index contributed by atoms with van der Waals surface area (Å²) in [5.41, 5.74) is -0.0124. The van der Waals surface area contributed by atoms with Crippen LogP contribution in [0.3, 0.4) is 0 Å². The molecule has 1 aliphatic heterocycles. The van der Waals surface area contributed by atoms with Crippen molar-refractivity contribution in [2.75, 3.05) is 13.1 Å². The minimum Gasteiger partial charge on any atom is -0.337 e. The van der Waals surface area contributed by atoms with Gasteiger partial charge in [0.05, 0.1) is 11.1 Å². The molecule has 1 amide bonds. The first-order valence-corrected chi connectivity index (χ1v) is 7.24. The van der Waals surface area contributed by atoms with Crippen molar-refractivity contribution >= 4 is 11.7 Å². The van der Waals surface area contributed by atoms with Crippen molar-refractivity contribution in [3.63, 3.8) is 0 Å². The molecular weight excluding hydrogens is 278 g/mol. The number of nitriles is 1. The van der Waals surface area contributed by atoms with Crippen molar-refractivity contribution in [1.29, 1.82) is 5.26 Å². The Hall–Kier alpha value is -2.48. The molecule has 0 saturated carbocycles. The Bertz CT molecular complexity index is 707. The van der Waals surface area contributed by atoms with E-state index in [0.29, 0.717) is 25.1 Å². The monoisotopic (exact) mass is 295 g/mol. The number of aromatic nitrogens is 1. The minimum absolute atomic E-state index is 0.0552. The van der Waals surface area contributed by atoms with E-state index < -0.39 is 5.41 Å². The van der Waals surface area contributed by atoms with Gasteiger partial charge in [-0.05, 0) is 18.6 Å². The number of ketones is 1. The Balaban J connectivity index is 1.80. The van der Waals surface area contributed by atoms with Crippen molar-refractivity contribution in [3.8, 4) is 6.07 Å². The number of hydrogen-bond donors (Lipinski definition) is 0. The fraction of sp³-hybridized carbons (Fsp3) is 0.412. The number of hydrogen-bond acceptors (Lipinski definition) is 4. The van der Waals surface area contributed by atoms with Gasteiger partial charge in [-0.1, -0.05) is 19.9 Å². The SMILES string of the molecule is CC1(C)CC2(C=C(C#N)C1=O)CN(C(=O)c1cccnc1)C2. The number of Topliss-reactive ketones (excluding diaryl/α,β-unsaturated/α-hetero) is 1. The molecule has 112 valence electrons. The maximum atomic E-state index is 12.4. The Morgan fingerprint density at radius 1 is 1.41 bits per heavy atom. The Morgan fingerprint density at radius 3 is 2.73 bits per heavy atom. The van der Waals surface area contributed by atoms with Gasteiger partial charge in [-0.15, -0.1) is 0 Å². The molecule has 0 aromatic carbocycles. The zero-order chi connectivity index (χ0) is 16.0. The van der Waals surface area contributed by atoms with Crippen molar-refractivity contribution < 1.29 is 9.59 Å². The molecule has 3 rings (SSSR count). The zero-order valence-electron chi connectivity index (χ0n) is 12.7. The molecule has 2 aliphatic rings. The van der Waals surface area contributed by atoms with Gasteiger partial charge < -0.3 is 4.90 Å². The van der Waals surface area contributed by atoms with Gasteiger partial charge in [0.2, 0.25) is 0 Å². The fourth-order valence-electron chi connectivity index (χ4n) is 3.56. The number of allylic oxidation sites excluding steroid dienone is 1. The molecule has 22 heavy (non-hydrogen) atoms. The highest BCUT2D eigenvalue weighted by atomic mass is 16.2. The van der Waals surface area contributed by atoms with Crippen molar-refractivity contribution in [2.24, 2.45) is 10.8 Å². The number of pyridine rings is 1. The number of amides is 1. The van der Waals surface area contributed by atoms with Crippen LogP contribution in [0.1, 0.15) is 30.6 Å². The predicted octanol–water partition coefficient (Wildman–Crippen LogP) is 1.97. The summed E-state index contributed by atoms with van der Waals surface area (Å²) in [6.07, 6.45) is 5.62. The normalized spacial score (nSPS) is 21.8. The van der Waals surface area contributed by atoms with Crippen LogP contribution < -0.4 is 0 Å². The number of rotatable bonds is 1. The summed E-state index contributed by atoms with van der Waals surface area (Å²) in [6.45, 7) is 4.82. The molecule has 1 aromatic rings. The van der Waals surface area contributed by atoms with Crippen LogP contribution in [0, 0.1) is 22.2 Å². The lowest BCUT2D eigenvalue weighted by Crippen LogP contribution is -2.60. The van der Waals surface area contributed by atoms with Gasteiger partial charge in [0, 0.05) is 36.3 Å². The van der Waals surface area contributed by atoms with Crippen LogP contribution in [0.25, 0.3) is 0 Å². The van der Waals surface area contributed by atoms with Crippen molar-refractivity contribution in [1.82, 2.24) is 9.88 Å². The topological polar surface area (TPSA) is 74.1 Å². The molecule has 1 saturated heterocycles. The summed E-state index contributed by atoms with van der Waals surface area (Å²) in [6, 6.07) is 5.48. The number of carbonyl (C=O) groups is 2. The molecule has 5 heteroatoms. The average molecular weight is 295 g/mol. The molecule has 5 nitrogen and oxygen atoms in total. The van der Waals surface area contributed by atoms with E-state index in [9.17, 15) is 14.9 Å². The summed E-state index contributed by atoms with van der Waals surface area (Å²) in [7, 11) is 0. The zero-order valence-corrected chi connectivity index (χ0v) is 12.7. The fourth-order valence-corrected chi connectivity index (χ4v) is 3.56. The third-order valence-corrected chi connectivity index (χ3v) is 4.43. The van der Waals surface area contributed by atoms with Gasteiger partial charge >= 0.3 is 0 Å². The molecule has 0 N–H and O–H groups in total. The van der Waals surface area contributed by atoms with Crippen LogP contribution in [0.5, 0.6) is 0 Å². The van der Waals surface area contributed by atoms with E-state index in [-0.39, 0.29) is 22.7 Å². The molecule has 1 aliphatic carbocycles. The lowest BCUT2D eigenvalue weighted by atomic mass is 9.61. The molecule has 0 atom stereocenters. The van der Waals surface area contributed by atoms with E-state index in [0.717, 1.165) is 0 Å². The van der Waals surface area contributed by atoms with Gasteiger partial charge in [-0.2, -0.15) is 5.26 Å². The first-order valence-electron chi connectivity index (χ1n) is 7.24. The van der Waals surface area contributed by atoms with E-state index in [2.05, 4.69) is 4.98 Å². The summed E-state index contributed by atoms with van der Waals surface area (Å²) >= 11 is 0. The van der Waals surface area contributed by atoms with E-state index in [1.54, 1.807) is 35.5 Å². The molecule has 0 bridgehead atoms. The first kappa shape index (κ1) is 14.5. The van der Waals surface area contributed by atoms with Gasteiger partial charge in [0.1, 0.15) is 6.07 Å². The summed E-state index contributed by atoms with van der Waals surface area (Å²) in [4.78, 5) is 30.2. The largest absolute Gasteiger partial charge is 0.337 e. The number of nitrogens with zero attached hydrogens (tertiary/aromatic N) is 3. The average Bonchev–Trinajstić information content (AvgIpc) is 2.47. The van der Waals surface area contributed by atoms with Crippen molar-refractivity contribution in [2.45, 2.75) is 20.3 Å². The van der Waals surface area contributed by atoms with Crippen LogP contribution >= 0.6 is 0 Å². The molecular formula is C17H17N3O2. The third-order valence-electron chi connectivity index (χ3n) is 4.43. The lowest BCUT2D eigenvalue weighted by molar-refractivity contribution is -0.127. The molecule has 1 fully saturated rings. The summed E-state index contributed by atoms with van der Waals surface area (Å²) in [5, 5.41) is 9.17. The van der Waals surface area contributed by atoms with E-state index in [4.69, 9.17) is 0 Å². The van der Waals surface area contributed by atoms with Gasteiger partial charge in [-0.3, -0.25) is 14.6 Å². The second-order valence-electron chi connectivity index (χ2n) is 6.82. The van der Waals surface area contributed by atoms with Crippen LogP contribution in [-0.4, -0.2) is 34.7 Å². The summed E-state index contributed by atoms with van der Waals surface area (Å²) < 4.78 is 0. The molecule has 0 radical (unpaired) electrons. The molecule has 1 aromatic heterocycles. The maximum Gasteiger partial charge on any atom is 0.255 e. The van der Waals surface area contributed by atoms with E-state index in [1.807, 2.05) is 19.9 Å². The third kappa shape index (κ3) is 2.21. The van der Waals surface area contributed by atoms with Crippen LogP contribution in [0.15, 0.2) is 36.2 Å². The second-order valence-corrected chi connectivity index (χ2v) is 6.82. The minimum atomic E-state index is -0.552. The second kappa shape index (κ2) is 4.77. The van der Waals surface area contributed by atoms with Crippen molar-refractivity contribution in [3.05, 3.63) is 41.7 Å². The maximum absolute atomic E-state index is 12.4. The van der Waals surface area contributed by atoms with E-state index in [1.165, 1.54) is 0 Å². The standard InChI is InChI=1S/C17H17N3O2/c1-16(2)9-17(6-13(7-18)14(16)21)10-20(11-17)15(22)12-4-3-5-19-8-12/h3-6,8H,9-11H2,1-2H3. The lowest BCUT2D eigenvalue weighted by Gasteiger charge is -2.53. The van der Waals surface area contributed by atoms with Gasteiger partial charge in [0.15, 0.2) is 5.78 Å². The highest BCUT2D eigenvalue weighted by Gasteiger charge is 2.52. The molecule has 2 heterocycles.